The summed E-state index contributed by atoms with van der Waals surface area (Å²) in [7, 11) is 1.41. The number of amides is 3. The topological polar surface area (TPSA) is 139 Å². The van der Waals surface area contributed by atoms with E-state index in [-0.39, 0.29) is 35.9 Å². The monoisotopic (exact) mass is 643 g/mol. The molecule has 2 aliphatic rings. The molecular weight excluding hydrogens is 582 g/mol. The van der Waals surface area contributed by atoms with Gasteiger partial charge in [0.15, 0.2) is 0 Å². The highest BCUT2D eigenvalue weighted by molar-refractivity contribution is 7.89. The summed E-state index contributed by atoms with van der Waals surface area (Å²) in [5.74, 6) is -1.44. The second-order valence-electron chi connectivity index (χ2n) is 13.9. The molecule has 0 aromatic rings. The van der Waals surface area contributed by atoms with E-state index in [1.807, 2.05) is 32.6 Å². The Labute approximate surface area is 266 Å². The molecule has 11 nitrogen and oxygen atoms in total. The maximum absolute atomic E-state index is 13.9. The van der Waals surface area contributed by atoms with Gasteiger partial charge in [0.1, 0.15) is 0 Å². The molecule has 0 radical (unpaired) electrons. The quantitative estimate of drug-likeness (QED) is 0.207. The second-order valence-corrected chi connectivity index (χ2v) is 15.7. The number of hydrazine groups is 1. The Balaban J connectivity index is 2.25. The molecular formula is C32H61N5O6S. The average molecular weight is 644 g/mol. The van der Waals surface area contributed by atoms with Crippen molar-refractivity contribution in [3.8, 4) is 0 Å². The number of aliphatic hydroxyl groups is 1. The van der Waals surface area contributed by atoms with E-state index < -0.39 is 39.9 Å². The van der Waals surface area contributed by atoms with Crippen LogP contribution in [-0.4, -0.2) is 105 Å². The van der Waals surface area contributed by atoms with Gasteiger partial charge in [0.05, 0.1) is 17.9 Å². The predicted molar refractivity (Wildman–Crippen MR) is 174 cm³/mol. The average Bonchev–Trinajstić information content (AvgIpc) is 2.94. The molecule has 2 rings (SSSR count). The van der Waals surface area contributed by atoms with Crippen LogP contribution in [0.5, 0.6) is 0 Å². The van der Waals surface area contributed by atoms with E-state index in [2.05, 4.69) is 10.1 Å². The zero-order valence-electron chi connectivity index (χ0n) is 28.4. The van der Waals surface area contributed by atoms with Crippen molar-refractivity contribution in [2.24, 2.45) is 29.6 Å². The van der Waals surface area contributed by atoms with Crippen molar-refractivity contribution >= 4 is 27.7 Å². The zero-order chi connectivity index (χ0) is 33.0. The highest BCUT2D eigenvalue weighted by Gasteiger charge is 2.41. The fraction of sp³-hybridized carbons (Fsp3) is 0.906. The summed E-state index contributed by atoms with van der Waals surface area (Å²) in [6, 6.07) is -0.585. The Kier molecular flexibility index (Phi) is 16.1. The van der Waals surface area contributed by atoms with Crippen LogP contribution >= 0.6 is 0 Å². The minimum atomic E-state index is -3.56. The number of likely N-dealkylation sites (N-methyl/N-ethyl adjacent to an activating group) is 1. The van der Waals surface area contributed by atoms with Gasteiger partial charge in [-0.15, -0.1) is 4.83 Å². The molecule has 256 valence electrons. The number of hydrogen-bond acceptors (Lipinski definition) is 7. The Morgan fingerprint density at radius 2 is 1.41 bits per heavy atom. The number of sulfonamides is 1. The molecule has 0 saturated heterocycles. The van der Waals surface area contributed by atoms with Crippen molar-refractivity contribution < 1.29 is 27.9 Å². The molecule has 5 atom stereocenters. The smallest absolute Gasteiger partial charge is 0.225 e. The maximum atomic E-state index is 13.9. The van der Waals surface area contributed by atoms with Crippen LogP contribution in [0.1, 0.15) is 98.3 Å². The first kappa shape index (κ1) is 38.4. The Bertz CT molecular complexity index is 1010. The highest BCUT2D eigenvalue weighted by atomic mass is 32.2. The van der Waals surface area contributed by atoms with Crippen molar-refractivity contribution in [3.05, 3.63) is 0 Å². The summed E-state index contributed by atoms with van der Waals surface area (Å²) >= 11 is 0. The highest BCUT2D eigenvalue weighted by Crippen LogP contribution is 2.36. The number of nitrogens with zero attached hydrogens (tertiary/aromatic N) is 3. The molecule has 0 aliphatic heterocycles. The predicted octanol–water partition coefficient (Wildman–Crippen LogP) is 2.99. The summed E-state index contributed by atoms with van der Waals surface area (Å²) in [5.41, 5.74) is 0. The van der Waals surface area contributed by atoms with Gasteiger partial charge >= 0.3 is 0 Å². The van der Waals surface area contributed by atoms with Crippen LogP contribution in [0.2, 0.25) is 0 Å². The number of aliphatic hydroxyl groups excluding tert-OH is 1. The number of carbonyl (C=O) groups is 3. The molecule has 0 heterocycles. The molecule has 3 N–H and O–H groups in total. The van der Waals surface area contributed by atoms with Gasteiger partial charge in [0.2, 0.25) is 27.7 Å². The van der Waals surface area contributed by atoms with Crippen LogP contribution in [0, 0.1) is 29.6 Å². The Morgan fingerprint density at radius 1 is 0.864 bits per heavy atom. The molecule has 5 unspecified atom stereocenters. The third-order valence-electron chi connectivity index (χ3n) is 8.93. The zero-order valence-corrected chi connectivity index (χ0v) is 29.2. The molecule has 2 fully saturated rings. The Hall–Kier alpha value is -1.76. The lowest BCUT2D eigenvalue weighted by Gasteiger charge is -2.38. The molecule has 0 aromatic heterocycles. The molecule has 44 heavy (non-hydrogen) atoms. The van der Waals surface area contributed by atoms with Gasteiger partial charge in [-0.1, -0.05) is 59.8 Å². The summed E-state index contributed by atoms with van der Waals surface area (Å²) in [6.07, 6.45) is 7.87. The summed E-state index contributed by atoms with van der Waals surface area (Å²) in [6.45, 7) is 9.04. The van der Waals surface area contributed by atoms with Crippen molar-refractivity contribution in [2.75, 3.05) is 46.5 Å². The van der Waals surface area contributed by atoms with Crippen LogP contribution in [0.15, 0.2) is 0 Å². The normalized spacial score (nSPS) is 22.9. The third-order valence-corrected chi connectivity index (χ3v) is 10.6. The van der Waals surface area contributed by atoms with Crippen LogP contribution in [0.3, 0.4) is 0 Å². The van der Waals surface area contributed by atoms with Gasteiger partial charge in [0.25, 0.3) is 0 Å². The molecule has 0 bridgehead atoms. The van der Waals surface area contributed by atoms with E-state index in [9.17, 15) is 27.9 Å². The summed E-state index contributed by atoms with van der Waals surface area (Å²) < 4.78 is 25.0. The summed E-state index contributed by atoms with van der Waals surface area (Å²) in [4.78, 5) is 46.6. The van der Waals surface area contributed by atoms with Crippen molar-refractivity contribution in [2.45, 2.75) is 110 Å². The molecule has 3 amide bonds. The lowest BCUT2D eigenvalue weighted by Crippen LogP contribution is -2.54. The van der Waals surface area contributed by atoms with E-state index in [1.165, 1.54) is 16.3 Å². The summed E-state index contributed by atoms with van der Waals surface area (Å²) in [5, 5.41) is 15.9. The minimum Gasteiger partial charge on any atom is -0.390 e. The van der Waals surface area contributed by atoms with Crippen molar-refractivity contribution in [1.29, 1.82) is 0 Å². The molecule has 0 aromatic carbocycles. The fourth-order valence-corrected chi connectivity index (χ4v) is 8.49. The maximum Gasteiger partial charge on any atom is 0.225 e. The van der Waals surface area contributed by atoms with Crippen LogP contribution in [-0.2, 0) is 24.4 Å². The first-order chi connectivity index (χ1) is 20.7. The van der Waals surface area contributed by atoms with Crippen LogP contribution in [0.25, 0.3) is 0 Å². The SMILES string of the molecule is CCCN(CCC)C(=O)C1CC(C(=O)NC(CC2CCCCC2)C(O)CN(C)NS(=O)(=O)CC(C)C)CC(C(=O)N(C)C)C1. The number of carbonyl (C=O) groups excluding carboxylic acids is 3. The lowest BCUT2D eigenvalue weighted by atomic mass is 9.73. The molecule has 2 aliphatic carbocycles. The first-order valence-corrected chi connectivity index (χ1v) is 18.5. The van der Waals surface area contributed by atoms with Crippen LogP contribution in [0.4, 0.5) is 0 Å². The standard InChI is InChI=1S/C32H61N5O6S/c1-8-15-37(16-9-2)32(41)27-19-25(18-26(20-27)31(40)35(5)6)30(39)33-28(17-24-13-11-10-12-14-24)29(38)21-36(7)34-44(42,43)22-23(3)4/h23-29,34,38H,8-22H2,1-7H3,(H,33,39). The molecule has 12 heteroatoms. The van der Waals surface area contributed by atoms with Crippen molar-refractivity contribution in [3.63, 3.8) is 0 Å². The van der Waals surface area contributed by atoms with E-state index in [4.69, 9.17) is 0 Å². The van der Waals surface area contributed by atoms with Gasteiger partial charge in [-0.25, -0.2) is 13.4 Å². The number of hydrogen-bond donors (Lipinski definition) is 3. The Morgan fingerprint density at radius 3 is 1.93 bits per heavy atom. The fourth-order valence-electron chi connectivity index (χ4n) is 6.99. The number of nitrogens with one attached hydrogen (secondary N) is 2. The number of rotatable bonds is 17. The van der Waals surface area contributed by atoms with Gasteiger partial charge in [-0.3, -0.25) is 14.4 Å². The first-order valence-electron chi connectivity index (χ1n) is 16.9. The van der Waals surface area contributed by atoms with E-state index in [1.54, 1.807) is 21.1 Å². The van der Waals surface area contributed by atoms with Gasteiger partial charge in [-0.05, 0) is 50.4 Å². The third kappa shape index (κ3) is 12.6. The largest absolute Gasteiger partial charge is 0.390 e. The lowest BCUT2D eigenvalue weighted by molar-refractivity contribution is -0.143. The van der Waals surface area contributed by atoms with E-state index in [0.717, 1.165) is 38.5 Å². The van der Waals surface area contributed by atoms with Gasteiger partial charge < -0.3 is 20.2 Å². The van der Waals surface area contributed by atoms with E-state index >= 15 is 0 Å². The second kappa shape index (κ2) is 18.4. The van der Waals surface area contributed by atoms with Crippen LogP contribution < -0.4 is 10.1 Å². The van der Waals surface area contributed by atoms with E-state index in [0.29, 0.717) is 44.7 Å². The molecule has 2 saturated carbocycles. The van der Waals surface area contributed by atoms with Crippen molar-refractivity contribution in [1.82, 2.24) is 25.0 Å². The van der Waals surface area contributed by atoms with Gasteiger partial charge in [-0.2, -0.15) is 0 Å². The van der Waals surface area contributed by atoms with Gasteiger partial charge in [0, 0.05) is 58.5 Å². The minimum absolute atomic E-state index is 0.00546. The molecule has 0 spiro atoms.